The minimum Gasteiger partial charge on any atom is -0.369 e. The third kappa shape index (κ3) is 2.46. The SMILES string of the molecule is CNC(=O)c1cccnc1NCC1CC1. The Morgan fingerprint density at radius 2 is 2.40 bits per heavy atom. The van der Waals surface area contributed by atoms with E-state index in [4.69, 9.17) is 0 Å². The highest BCUT2D eigenvalue weighted by molar-refractivity contribution is 5.98. The lowest BCUT2D eigenvalue weighted by molar-refractivity contribution is 0.0963. The van der Waals surface area contributed by atoms with Gasteiger partial charge in [0.2, 0.25) is 0 Å². The van der Waals surface area contributed by atoms with Crippen LogP contribution in [0.4, 0.5) is 5.82 Å². The Bertz CT molecular complexity index is 361. The summed E-state index contributed by atoms with van der Waals surface area (Å²) in [6.45, 7) is 0.918. The third-order valence-corrected chi connectivity index (χ3v) is 2.53. The van der Waals surface area contributed by atoms with Crippen LogP contribution in [0.1, 0.15) is 23.2 Å². The van der Waals surface area contributed by atoms with Gasteiger partial charge in [-0.05, 0) is 30.9 Å². The summed E-state index contributed by atoms with van der Waals surface area (Å²) < 4.78 is 0. The first kappa shape index (κ1) is 9.96. The van der Waals surface area contributed by atoms with E-state index in [9.17, 15) is 4.79 Å². The Labute approximate surface area is 89.1 Å². The van der Waals surface area contributed by atoms with Crippen LogP contribution in [0.5, 0.6) is 0 Å². The Kier molecular flexibility index (Phi) is 2.85. The molecule has 1 heterocycles. The predicted octanol–water partition coefficient (Wildman–Crippen LogP) is 1.26. The maximum atomic E-state index is 11.5. The molecule has 0 aliphatic heterocycles. The Balaban J connectivity index is 2.09. The average Bonchev–Trinajstić information content (AvgIpc) is 3.09. The van der Waals surface area contributed by atoms with Gasteiger partial charge in [0.1, 0.15) is 5.82 Å². The van der Waals surface area contributed by atoms with E-state index in [1.807, 2.05) is 0 Å². The topological polar surface area (TPSA) is 54.0 Å². The first-order valence-corrected chi connectivity index (χ1v) is 5.22. The molecule has 2 N–H and O–H groups in total. The molecule has 1 amide bonds. The van der Waals surface area contributed by atoms with Crippen LogP contribution in [0.3, 0.4) is 0 Å². The van der Waals surface area contributed by atoms with Gasteiger partial charge in [-0.2, -0.15) is 0 Å². The van der Waals surface area contributed by atoms with Crippen LogP contribution in [-0.4, -0.2) is 24.5 Å². The molecule has 4 heteroatoms. The van der Waals surface area contributed by atoms with E-state index in [2.05, 4.69) is 15.6 Å². The second-order valence-corrected chi connectivity index (χ2v) is 3.80. The smallest absolute Gasteiger partial charge is 0.254 e. The second-order valence-electron chi connectivity index (χ2n) is 3.80. The van der Waals surface area contributed by atoms with Crippen LogP contribution in [0, 0.1) is 5.92 Å². The largest absolute Gasteiger partial charge is 0.369 e. The molecule has 1 aliphatic carbocycles. The maximum absolute atomic E-state index is 11.5. The van der Waals surface area contributed by atoms with E-state index in [0.29, 0.717) is 11.4 Å². The van der Waals surface area contributed by atoms with Gasteiger partial charge in [-0.25, -0.2) is 4.98 Å². The van der Waals surface area contributed by atoms with Crippen molar-refractivity contribution in [3.8, 4) is 0 Å². The summed E-state index contributed by atoms with van der Waals surface area (Å²) in [5, 5.41) is 5.82. The quantitative estimate of drug-likeness (QED) is 0.778. The van der Waals surface area contributed by atoms with Gasteiger partial charge in [0.25, 0.3) is 5.91 Å². The number of nitrogens with zero attached hydrogens (tertiary/aromatic N) is 1. The van der Waals surface area contributed by atoms with Crippen LogP contribution in [0.25, 0.3) is 0 Å². The first-order valence-electron chi connectivity index (χ1n) is 5.22. The lowest BCUT2D eigenvalue weighted by Gasteiger charge is -2.08. The normalized spacial score (nSPS) is 14.7. The van der Waals surface area contributed by atoms with Gasteiger partial charge in [-0.3, -0.25) is 4.79 Å². The highest BCUT2D eigenvalue weighted by Gasteiger charge is 2.21. The number of hydrogen-bond donors (Lipinski definition) is 2. The average molecular weight is 205 g/mol. The predicted molar refractivity (Wildman–Crippen MR) is 58.8 cm³/mol. The zero-order chi connectivity index (χ0) is 10.7. The standard InChI is InChI=1S/C11H15N3O/c1-12-11(15)9-3-2-6-13-10(9)14-7-8-4-5-8/h2-3,6,8H,4-5,7H2,1H3,(H,12,15)(H,13,14). The van der Waals surface area contributed by atoms with Crippen molar-refractivity contribution in [2.75, 3.05) is 18.9 Å². The molecular weight excluding hydrogens is 190 g/mol. The molecule has 1 aromatic rings. The molecule has 15 heavy (non-hydrogen) atoms. The van der Waals surface area contributed by atoms with Crippen molar-refractivity contribution in [1.29, 1.82) is 0 Å². The van der Waals surface area contributed by atoms with E-state index in [-0.39, 0.29) is 5.91 Å². The van der Waals surface area contributed by atoms with Gasteiger partial charge in [-0.1, -0.05) is 0 Å². The fourth-order valence-corrected chi connectivity index (χ4v) is 1.43. The second kappa shape index (κ2) is 4.29. The fourth-order valence-electron chi connectivity index (χ4n) is 1.43. The molecule has 0 unspecified atom stereocenters. The number of aromatic nitrogens is 1. The molecular formula is C11H15N3O. The van der Waals surface area contributed by atoms with Gasteiger partial charge in [-0.15, -0.1) is 0 Å². The number of carbonyl (C=O) groups excluding carboxylic acids is 1. The van der Waals surface area contributed by atoms with Gasteiger partial charge >= 0.3 is 0 Å². The van der Waals surface area contributed by atoms with E-state index >= 15 is 0 Å². The highest BCUT2D eigenvalue weighted by atomic mass is 16.1. The summed E-state index contributed by atoms with van der Waals surface area (Å²) in [6.07, 6.45) is 4.27. The van der Waals surface area contributed by atoms with Crippen molar-refractivity contribution in [1.82, 2.24) is 10.3 Å². The molecule has 0 radical (unpaired) electrons. The zero-order valence-electron chi connectivity index (χ0n) is 8.79. The maximum Gasteiger partial charge on any atom is 0.254 e. The lowest BCUT2D eigenvalue weighted by atomic mass is 10.2. The van der Waals surface area contributed by atoms with Crippen molar-refractivity contribution in [2.45, 2.75) is 12.8 Å². The van der Waals surface area contributed by atoms with Crippen molar-refractivity contribution >= 4 is 11.7 Å². The molecule has 0 atom stereocenters. The van der Waals surface area contributed by atoms with Crippen LogP contribution in [0.2, 0.25) is 0 Å². The van der Waals surface area contributed by atoms with Gasteiger partial charge in [0.15, 0.2) is 0 Å². The van der Waals surface area contributed by atoms with Crippen LogP contribution < -0.4 is 10.6 Å². The fraction of sp³-hybridized carbons (Fsp3) is 0.455. The molecule has 2 rings (SSSR count). The lowest BCUT2D eigenvalue weighted by Crippen LogP contribution is -2.20. The first-order chi connectivity index (χ1) is 7.31. The number of carbonyl (C=O) groups is 1. The summed E-state index contributed by atoms with van der Waals surface area (Å²) in [5.74, 6) is 1.36. The van der Waals surface area contributed by atoms with E-state index in [0.717, 1.165) is 12.5 Å². The Hall–Kier alpha value is -1.58. The molecule has 0 aromatic carbocycles. The molecule has 80 valence electrons. The molecule has 1 saturated carbocycles. The number of hydrogen-bond acceptors (Lipinski definition) is 3. The van der Waals surface area contributed by atoms with Gasteiger partial charge in [0.05, 0.1) is 5.56 Å². The summed E-state index contributed by atoms with van der Waals surface area (Å²) in [5.41, 5.74) is 0.612. The molecule has 0 bridgehead atoms. The van der Waals surface area contributed by atoms with Gasteiger partial charge < -0.3 is 10.6 Å². The molecule has 0 spiro atoms. The zero-order valence-corrected chi connectivity index (χ0v) is 8.79. The number of anilines is 1. The van der Waals surface area contributed by atoms with Crippen LogP contribution >= 0.6 is 0 Å². The van der Waals surface area contributed by atoms with Crippen LogP contribution in [-0.2, 0) is 0 Å². The number of pyridine rings is 1. The van der Waals surface area contributed by atoms with E-state index in [1.165, 1.54) is 12.8 Å². The van der Waals surface area contributed by atoms with Crippen LogP contribution in [0.15, 0.2) is 18.3 Å². The third-order valence-electron chi connectivity index (χ3n) is 2.53. The van der Waals surface area contributed by atoms with E-state index in [1.54, 1.807) is 25.4 Å². The number of rotatable bonds is 4. The molecule has 1 aromatic heterocycles. The van der Waals surface area contributed by atoms with Crippen molar-refractivity contribution < 1.29 is 4.79 Å². The number of amides is 1. The van der Waals surface area contributed by atoms with Crippen molar-refractivity contribution in [3.63, 3.8) is 0 Å². The van der Waals surface area contributed by atoms with Gasteiger partial charge in [0, 0.05) is 19.8 Å². The molecule has 0 saturated heterocycles. The summed E-state index contributed by atoms with van der Waals surface area (Å²) >= 11 is 0. The molecule has 1 fully saturated rings. The Morgan fingerprint density at radius 1 is 1.60 bits per heavy atom. The summed E-state index contributed by atoms with van der Waals surface area (Å²) in [6, 6.07) is 3.55. The monoisotopic (exact) mass is 205 g/mol. The Morgan fingerprint density at radius 3 is 3.07 bits per heavy atom. The van der Waals surface area contributed by atoms with Crippen molar-refractivity contribution in [3.05, 3.63) is 23.9 Å². The minimum atomic E-state index is -0.0959. The summed E-state index contributed by atoms with van der Waals surface area (Å²) in [7, 11) is 1.63. The molecule has 1 aliphatic rings. The minimum absolute atomic E-state index is 0.0959. The highest BCUT2D eigenvalue weighted by Crippen LogP contribution is 2.29. The van der Waals surface area contributed by atoms with Crippen molar-refractivity contribution in [2.24, 2.45) is 5.92 Å². The number of nitrogens with one attached hydrogen (secondary N) is 2. The van der Waals surface area contributed by atoms with E-state index < -0.39 is 0 Å². The molecule has 4 nitrogen and oxygen atoms in total. The summed E-state index contributed by atoms with van der Waals surface area (Å²) in [4.78, 5) is 15.7.